The third-order valence-electron chi connectivity index (χ3n) is 6.35. The number of nitrogens with zero attached hydrogens (tertiary/aromatic N) is 2. The Morgan fingerprint density at radius 1 is 0.848 bits per heavy atom. The van der Waals surface area contributed by atoms with Crippen LogP contribution in [0.15, 0.2) is 73.1 Å². The maximum Gasteiger partial charge on any atom is 0.137 e. The van der Waals surface area contributed by atoms with Crippen LogP contribution >= 0.6 is 0 Å². The molecule has 0 aliphatic heterocycles. The standard InChI is InChI=1S/C28H31N3OSi/c1-20-9-10-23(22-8-6-5-7-21(20)22)26-11-12-27(31(26)19-32-17-18-33(2,3)4)24-13-15-29-28-25(24)14-16-30-28/h5-16H,17-19H2,1-4H3,(H,29,30). The molecule has 4 nitrogen and oxygen atoms in total. The van der Waals surface area contributed by atoms with E-state index in [1.165, 1.54) is 27.6 Å². The maximum absolute atomic E-state index is 6.28. The van der Waals surface area contributed by atoms with E-state index in [0.29, 0.717) is 6.73 Å². The summed E-state index contributed by atoms with van der Waals surface area (Å²) in [6.07, 6.45) is 3.83. The molecule has 0 saturated carbocycles. The molecule has 0 radical (unpaired) electrons. The summed E-state index contributed by atoms with van der Waals surface area (Å²) in [5.41, 5.74) is 6.92. The van der Waals surface area contributed by atoms with Crippen LogP contribution < -0.4 is 0 Å². The second-order valence-corrected chi connectivity index (χ2v) is 15.6. The van der Waals surface area contributed by atoms with E-state index in [9.17, 15) is 0 Å². The molecule has 0 bridgehead atoms. The summed E-state index contributed by atoms with van der Waals surface area (Å²) >= 11 is 0. The van der Waals surface area contributed by atoms with E-state index in [1.807, 2.05) is 12.4 Å². The first-order valence-electron chi connectivity index (χ1n) is 11.6. The van der Waals surface area contributed by atoms with Crippen LogP contribution in [0.4, 0.5) is 0 Å². The van der Waals surface area contributed by atoms with Crippen molar-refractivity contribution in [1.29, 1.82) is 0 Å². The van der Waals surface area contributed by atoms with Gasteiger partial charge in [0.1, 0.15) is 12.4 Å². The summed E-state index contributed by atoms with van der Waals surface area (Å²) in [7, 11) is -1.15. The van der Waals surface area contributed by atoms with Crippen molar-refractivity contribution < 1.29 is 4.74 Å². The van der Waals surface area contributed by atoms with E-state index in [4.69, 9.17) is 4.74 Å². The molecule has 5 heteroatoms. The highest BCUT2D eigenvalue weighted by atomic mass is 28.3. The number of aryl methyl sites for hydroxylation is 1. The van der Waals surface area contributed by atoms with E-state index < -0.39 is 8.07 Å². The van der Waals surface area contributed by atoms with Gasteiger partial charge in [-0.3, -0.25) is 0 Å². The summed E-state index contributed by atoms with van der Waals surface area (Å²) in [5, 5.41) is 3.69. The van der Waals surface area contributed by atoms with Gasteiger partial charge in [-0.15, -0.1) is 0 Å². The number of hydrogen-bond acceptors (Lipinski definition) is 2. The lowest BCUT2D eigenvalue weighted by atomic mass is 9.98. The third kappa shape index (κ3) is 4.26. The van der Waals surface area contributed by atoms with E-state index >= 15 is 0 Å². The highest BCUT2D eigenvalue weighted by molar-refractivity contribution is 6.76. The van der Waals surface area contributed by atoms with Crippen LogP contribution in [0.1, 0.15) is 5.56 Å². The Kier molecular flexibility index (Phi) is 5.68. The molecule has 5 aromatic rings. The fourth-order valence-corrected chi connectivity index (χ4v) is 5.23. The normalized spacial score (nSPS) is 12.1. The van der Waals surface area contributed by atoms with Crippen molar-refractivity contribution in [1.82, 2.24) is 14.5 Å². The van der Waals surface area contributed by atoms with E-state index in [1.54, 1.807) is 0 Å². The second kappa shape index (κ2) is 8.65. The number of pyridine rings is 1. The molecule has 0 atom stereocenters. The summed E-state index contributed by atoms with van der Waals surface area (Å²) in [5.74, 6) is 0. The molecule has 3 heterocycles. The Morgan fingerprint density at radius 3 is 2.33 bits per heavy atom. The molecule has 0 unspecified atom stereocenters. The zero-order valence-electron chi connectivity index (χ0n) is 19.9. The first-order chi connectivity index (χ1) is 15.9. The molecule has 5 rings (SSSR count). The summed E-state index contributed by atoms with van der Waals surface area (Å²) in [4.78, 5) is 7.72. The van der Waals surface area contributed by atoms with Gasteiger partial charge in [-0.25, -0.2) is 4.98 Å². The quantitative estimate of drug-likeness (QED) is 0.205. The predicted octanol–water partition coefficient (Wildman–Crippen LogP) is 7.47. The summed E-state index contributed by atoms with van der Waals surface area (Å²) in [6, 6.07) is 22.9. The van der Waals surface area contributed by atoms with Crippen LogP contribution in [0, 0.1) is 6.92 Å². The lowest BCUT2D eigenvalue weighted by Crippen LogP contribution is -2.22. The monoisotopic (exact) mass is 453 g/mol. The second-order valence-electron chi connectivity index (χ2n) is 9.95. The van der Waals surface area contributed by atoms with Gasteiger partial charge >= 0.3 is 0 Å². The van der Waals surface area contributed by atoms with Gasteiger partial charge in [0.15, 0.2) is 0 Å². The fraction of sp³-hybridized carbons (Fsp3) is 0.250. The zero-order chi connectivity index (χ0) is 23.0. The van der Waals surface area contributed by atoms with Gasteiger partial charge in [0.2, 0.25) is 0 Å². The van der Waals surface area contributed by atoms with Gasteiger partial charge in [0.25, 0.3) is 0 Å². The average Bonchev–Trinajstić information content (AvgIpc) is 3.44. The number of ether oxygens (including phenoxy) is 1. The van der Waals surface area contributed by atoms with Crippen LogP contribution in [-0.2, 0) is 11.5 Å². The zero-order valence-corrected chi connectivity index (χ0v) is 20.9. The van der Waals surface area contributed by atoms with Gasteiger partial charge in [-0.1, -0.05) is 56.0 Å². The highest BCUT2D eigenvalue weighted by Gasteiger charge is 2.18. The molecular formula is C28H31N3OSi. The SMILES string of the molecule is Cc1ccc(-c2ccc(-c3ccnc4[nH]ccc34)n2COCC[Si](C)(C)C)c2ccccc12. The van der Waals surface area contributed by atoms with Crippen LogP contribution in [-0.4, -0.2) is 29.2 Å². The minimum Gasteiger partial charge on any atom is -0.361 e. The van der Waals surface area contributed by atoms with E-state index in [2.05, 4.69) is 102 Å². The van der Waals surface area contributed by atoms with Gasteiger partial charge in [0, 0.05) is 43.6 Å². The van der Waals surface area contributed by atoms with Gasteiger partial charge in [-0.05, 0) is 53.6 Å². The number of H-pyrrole nitrogens is 1. The Hall–Kier alpha value is -3.15. The van der Waals surface area contributed by atoms with Crippen molar-refractivity contribution >= 4 is 29.9 Å². The predicted molar refractivity (Wildman–Crippen MR) is 141 cm³/mol. The largest absolute Gasteiger partial charge is 0.361 e. The van der Waals surface area contributed by atoms with Crippen molar-refractivity contribution in [3.8, 4) is 22.5 Å². The molecule has 168 valence electrons. The Bertz CT molecular complexity index is 1420. The molecule has 0 aliphatic carbocycles. The van der Waals surface area contributed by atoms with Crippen molar-refractivity contribution in [3.05, 3.63) is 78.6 Å². The molecule has 33 heavy (non-hydrogen) atoms. The Balaban J connectivity index is 1.63. The fourth-order valence-electron chi connectivity index (χ4n) is 4.47. The van der Waals surface area contributed by atoms with Crippen LogP contribution in [0.5, 0.6) is 0 Å². The summed E-state index contributed by atoms with van der Waals surface area (Å²) < 4.78 is 8.60. The van der Waals surface area contributed by atoms with Crippen molar-refractivity contribution in [2.45, 2.75) is 39.3 Å². The Labute approximate surface area is 196 Å². The molecule has 1 N–H and O–H groups in total. The Morgan fingerprint density at radius 2 is 1.58 bits per heavy atom. The van der Waals surface area contributed by atoms with Crippen molar-refractivity contribution in [2.24, 2.45) is 0 Å². The van der Waals surface area contributed by atoms with E-state index in [-0.39, 0.29) is 0 Å². The first-order valence-corrected chi connectivity index (χ1v) is 15.3. The van der Waals surface area contributed by atoms with Gasteiger partial charge in [-0.2, -0.15) is 0 Å². The molecule has 0 aliphatic rings. The topological polar surface area (TPSA) is 42.8 Å². The highest BCUT2D eigenvalue weighted by Crippen LogP contribution is 2.36. The number of fused-ring (bicyclic) bond motifs is 2. The van der Waals surface area contributed by atoms with Crippen LogP contribution in [0.25, 0.3) is 44.3 Å². The number of rotatable bonds is 7. The van der Waals surface area contributed by atoms with Crippen molar-refractivity contribution in [3.63, 3.8) is 0 Å². The van der Waals surface area contributed by atoms with Crippen molar-refractivity contribution in [2.75, 3.05) is 6.61 Å². The number of hydrogen-bond donors (Lipinski definition) is 1. The van der Waals surface area contributed by atoms with Gasteiger partial charge in [0.05, 0.1) is 11.4 Å². The third-order valence-corrected chi connectivity index (χ3v) is 8.06. The molecule has 0 fully saturated rings. The minimum absolute atomic E-state index is 0.526. The molecular weight excluding hydrogens is 422 g/mol. The van der Waals surface area contributed by atoms with Gasteiger partial charge < -0.3 is 14.3 Å². The number of aromatic nitrogens is 3. The number of nitrogens with one attached hydrogen (secondary N) is 1. The van der Waals surface area contributed by atoms with E-state index in [0.717, 1.165) is 34.9 Å². The average molecular weight is 454 g/mol. The minimum atomic E-state index is -1.15. The molecule has 3 aromatic heterocycles. The number of benzene rings is 2. The lowest BCUT2D eigenvalue weighted by Gasteiger charge is -2.19. The first kappa shape index (κ1) is 21.7. The molecule has 0 spiro atoms. The maximum atomic E-state index is 6.28. The molecule has 0 saturated heterocycles. The lowest BCUT2D eigenvalue weighted by molar-refractivity contribution is 0.0896. The smallest absolute Gasteiger partial charge is 0.137 e. The molecule has 0 amide bonds. The van der Waals surface area contributed by atoms with Crippen LogP contribution in [0.2, 0.25) is 25.7 Å². The molecule has 2 aromatic carbocycles. The summed E-state index contributed by atoms with van der Waals surface area (Å²) in [6.45, 7) is 10.7. The van der Waals surface area contributed by atoms with Crippen LogP contribution in [0.3, 0.4) is 0 Å². The number of aromatic amines is 1.